The Morgan fingerprint density at radius 2 is 2.07 bits per heavy atom. The summed E-state index contributed by atoms with van der Waals surface area (Å²) in [6, 6.07) is 3.55. The fourth-order valence-electron chi connectivity index (χ4n) is 4.86. The molecule has 0 aliphatic carbocycles. The molecule has 28 heavy (non-hydrogen) atoms. The topological polar surface area (TPSA) is 34.1 Å². The molecule has 5 nitrogen and oxygen atoms in total. The number of guanidine groups is 1. The third-order valence-electron chi connectivity index (χ3n) is 6.60. The SMILES string of the molecule is CN=C(NCC(C)N1CCc2sccc2C1)N1CCC(N2CCCCC2)C1.I. The Hall–Kier alpha value is -0.380. The highest BCUT2D eigenvalue weighted by Gasteiger charge is 2.30. The van der Waals surface area contributed by atoms with Crippen LogP contribution < -0.4 is 5.32 Å². The predicted octanol–water partition coefficient (Wildman–Crippen LogP) is 3.25. The van der Waals surface area contributed by atoms with Crippen LogP contribution >= 0.6 is 35.3 Å². The number of hydrogen-bond donors (Lipinski definition) is 1. The lowest BCUT2D eigenvalue weighted by Crippen LogP contribution is -2.49. The quantitative estimate of drug-likeness (QED) is 0.378. The van der Waals surface area contributed by atoms with E-state index in [1.807, 2.05) is 18.4 Å². The zero-order valence-corrected chi connectivity index (χ0v) is 20.5. The summed E-state index contributed by atoms with van der Waals surface area (Å²) in [6.45, 7) is 10.4. The summed E-state index contributed by atoms with van der Waals surface area (Å²) in [5.41, 5.74) is 1.53. The fourth-order valence-corrected chi connectivity index (χ4v) is 5.75. The second-order valence-electron chi connectivity index (χ2n) is 8.35. The standard InChI is InChI=1S/C21H35N5S.HI/c1-17(25-12-7-20-18(15-25)8-13-27-20)14-23-21(22-2)26-11-6-19(16-26)24-9-4-3-5-10-24;/h8,13,17,19H,3-7,9-12,14-16H2,1-2H3,(H,22,23);1H. The van der Waals surface area contributed by atoms with Crippen molar-refractivity contribution in [3.05, 3.63) is 21.9 Å². The van der Waals surface area contributed by atoms with Crippen LogP contribution in [0.2, 0.25) is 0 Å². The van der Waals surface area contributed by atoms with Crippen molar-refractivity contribution < 1.29 is 0 Å². The highest BCUT2D eigenvalue weighted by atomic mass is 127. The average Bonchev–Trinajstić information content (AvgIpc) is 3.38. The van der Waals surface area contributed by atoms with E-state index in [4.69, 9.17) is 0 Å². The van der Waals surface area contributed by atoms with Gasteiger partial charge in [0.1, 0.15) is 0 Å². The molecule has 4 rings (SSSR count). The van der Waals surface area contributed by atoms with Gasteiger partial charge in [-0.15, -0.1) is 35.3 Å². The summed E-state index contributed by atoms with van der Waals surface area (Å²) in [5.74, 6) is 1.09. The van der Waals surface area contributed by atoms with Gasteiger partial charge in [-0.3, -0.25) is 14.8 Å². The van der Waals surface area contributed by atoms with Crippen molar-refractivity contribution in [1.29, 1.82) is 0 Å². The number of piperidine rings is 1. The molecular formula is C21H36IN5S. The number of aliphatic imine (C=N–C) groups is 1. The first-order valence-electron chi connectivity index (χ1n) is 10.7. The van der Waals surface area contributed by atoms with Gasteiger partial charge in [-0.1, -0.05) is 6.42 Å². The minimum absolute atomic E-state index is 0. The number of hydrogen-bond acceptors (Lipinski definition) is 4. The van der Waals surface area contributed by atoms with Crippen LogP contribution in [0.25, 0.3) is 0 Å². The molecule has 4 heterocycles. The molecule has 0 amide bonds. The van der Waals surface area contributed by atoms with Gasteiger partial charge in [-0.05, 0) is 62.7 Å². The Labute approximate surface area is 191 Å². The smallest absolute Gasteiger partial charge is 0.193 e. The number of likely N-dealkylation sites (tertiary alicyclic amines) is 2. The Bertz CT molecular complexity index is 642. The lowest BCUT2D eigenvalue weighted by atomic mass is 10.1. The van der Waals surface area contributed by atoms with Crippen LogP contribution in [0, 0.1) is 0 Å². The molecule has 2 unspecified atom stereocenters. The number of nitrogens with zero attached hydrogens (tertiary/aromatic N) is 4. The van der Waals surface area contributed by atoms with Gasteiger partial charge in [-0.25, -0.2) is 0 Å². The Balaban J connectivity index is 0.00000225. The third-order valence-corrected chi connectivity index (χ3v) is 7.62. The number of thiophene rings is 1. The van der Waals surface area contributed by atoms with Crippen molar-refractivity contribution in [3.8, 4) is 0 Å². The van der Waals surface area contributed by atoms with Crippen molar-refractivity contribution in [1.82, 2.24) is 20.0 Å². The minimum Gasteiger partial charge on any atom is -0.355 e. The monoisotopic (exact) mass is 517 g/mol. The summed E-state index contributed by atoms with van der Waals surface area (Å²) in [4.78, 5) is 14.0. The van der Waals surface area contributed by atoms with Crippen LogP contribution in [-0.4, -0.2) is 79.1 Å². The van der Waals surface area contributed by atoms with Crippen LogP contribution in [0.1, 0.15) is 43.0 Å². The highest BCUT2D eigenvalue weighted by Crippen LogP contribution is 2.25. The van der Waals surface area contributed by atoms with E-state index >= 15 is 0 Å². The summed E-state index contributed by atoms with van der Waals surface area (Å²) >= 11 is 1.92. The van der Waals surface area contributed by atoms with Gasteiger partial charge in [0.25, 0.3) is 0 Å². The van der Waals surface area contributed by atoms with Gasteiger partial charge >= 0.3 is 0 Å². The molecule has 0 radical (unpaired) electrons. The van der Waals surface area contributed by atoms with Crippen LogP contribution in [-0.2, 0) is 13.0 Å². The minimum atomic E-state index is 0. The van der Waals surface area contributed by atoms with Crippen molar-refractivity contribution in [2.45, 2.75) is 57.7 Å². The maximum atomic E-state index is 4.59. The molecule has 3 aliphatic rings. The summed E-state index contributed by atoms with van der Waals surface area (Å²) in [5, 5.41) is 5.91. The summed E-state index contributed by atoms with van der Waals surface area (Å²) in [6.07, 6.45) is 6.65. The molecule has 158 valence electrons. The third kappa shape index (κ3) is 5.21. The largest absolute Gasteiger partial charge is 0.355 e. The van der Waals surface area contributed by atoms with Crippen LogP contribution in [0.15, 0.2) is 16.4 Å². The predicted molar refractivity (Wildman–Crippen MR) is 130 cm³/mol. The van der Waals surface area contributed by atoms with Crippen LogP contribution in [0.5, 0.6) is 0 Å². The molecule has 0 saturated carbocycles. The van der Waals surface area contributed by atoms with Crippen molar-refractivity contribution in [2.75, 3.05) is 46.3 Å². The average molecular weight is 518 g/mol. The maximum Gasteiger partial charge on any atom is 0.193 e. The molecule has 0 bridgehead atoms. The molecule has 2 saturated heterocycles. The molecule has 1 aromatic rings. The van der Waals surface area contributed by atoms with Gasteiger partial charge in [0, 0.05) is 56.7 Å². The number of fused-ring (bicyclic) bond motifs is 1. The molecule has 1 aromatic heterocycles. The Morgan fingerprint density at radius 3 is 2.86 bits per heavy atom. The van der Waals surface area contributed by atoms with Crippen molar-refractivity contribution >= 4 is 41.3 Å². The molecule has 7 heteroatoms. The van der Waals surface area contributed by atoms with E-state index in [2.05, 4.69) is 43.4 Å². The lowest BCUT2D eigenvalue weighted by Gasteiger charge is -2.34. The molecule has 2 fully saturated rings. The van der Waals surface area contributed by atoms with Gasteiger partial charge < -0.3 is 10.2 Å². The van der Waals surface area contributed by atoms with Crippen LogP contribution in [0.4, 0.5) is 0 Å². The van der Waals surface area contributed by atoms with E-state index < -0.39 is 0 Å². The van der Waals surface area contributed by atoms with Gasteiger partial charge in [-0.2, -0.15) is 0 Å². The van der Waals surface area contributed by atoms with E-state index in [1.165, 1.54) is 57.3 Å². The van der Waals surface area contributed by atoms with E-state index in [9.17, 15) is 0 Å². The zero-order valence-electron chi connectivity index (χ0n) is 17.4. The first-order chi connectivity index (χ1) is 13.2. The first-order valence-corrected chi connectivity index (χ1v) is 11.6. The Morgan fingerprint density at radius 1 is 1.25 bits per heavy atom. The molecule has 0 spiro atoms. The molecule has 3 aliphatic heterocycles. The summed E-state index contributed by atoms with van der Waals surface area (Å²) in [7, 11) is 1.93. The van der Waals surface area contributed by atoms with E-state index in [1.54, 1.807) is 4.88 Å². The first kappa shape index (κ1) is 22.3. The zero-order chi connectivity index (χ0) is 18.6. The highest BCUT2D eigenvalue weighted by molar-refractivity contribution is 14.0. The van der Waals surface area contributed by atoms with E-state index in [0.29, 0.717) is 6.04 Å². The maximum absolute atomic E-state index is 4.59. The Kier molecular flexibility index (Phi) is 8.44. The summed E-state index contributed by atoms with van der Waals surface area (Å²) < 4.78 is 0. The van der Waals surface area contributed by atoms with Gasteiger partial charge in [0.2, 0.25) is 0 Å². The van der Waals surface area contributed by atoms with Crippen molar-refractivity contribution in [2.24, 2.45) is 4.99 Å². The van der Waals surface area contributed by atoms with E-state index in [-0.39, 0.29) is 24.0 Å². The number of nitrogens with one attached hydrogen (secondary N) is 1. The van der Waals surface area contributed by atoms with Gasteiger partial charge in [0.15, 0.2) is 5.96 Å². The fraction of sp³-hybridized carbons (Fsp3) is 0.762. The number of halogens is 1. The lowest BCUT2D eigenvalue weighted by molar-refractivity contribution is 0.168. The normalized spacial score (nSPS) is 25.3. The molecule has 1 N–H and O–H groups in total. The van der Waals surface area contributed by atoms with E-state index in [0.717, 1.165) is 38.2 Å². The molecule has 2 atom stereocenters. The molecule has 0 aromatic carbocycles. The van der Waals surface area contributed by atoms with Gasteiger partial charge in [0.05, 0.1) is 0 Å². The van der Waals surface area contributed by atoms with Crippen molar-refractivity contribution in [3.63, 3.8) is 0 Å². The van der Waals surface area contributed by atoms with Crippen LogP contribution in [0.3, 0.4) is 0 Å². The second-order valence-corrected chi connectivity index (χ2v) is 9.35. The second kappa shape index (κ2) is 10.6. The molecular weight excluding hydrogens is 481 g/mol. The number of rotatable bonds is 4.